The third kappa shape index (κ3) is 2.50. The maximum absolute atomic E-state index is 13.1. The van der Waals surface area contributed by atoms with E-state index in [1.807, 2.05) is 0 Å². The average molecular weight is 413 g/mol. The molecule has 1 heterocycles. The van der Waals surface area contributed by atoms with Gasteiger partial charge < -0.3 is 4.74 Å². The lowest BCUT2D eigenvalue weighted by atomic mass is 9.59. The van der Waals surface area contributed by atoms with Gasteiger partial charge in [-0.05, 0) is 37.0 Å². The first kappa shape index (κ1) is 19.0. The van der Waals surface area contributed by atoms with Crippen LogP contribution in [-0.2, 0) is 24.2 Å². The van der Waals surface area contributed by atoms with Crippen LogP contribution in [0, 0.1) is 23.7 Å². The summed E-state index contributed by atoms with van der Waals surface area (Å²) < 4.78 is 54.7. The molecular weight excluding hydrogens is 396 g/mol. The van der Waals surface area contributed by atoms with Crippen molar-refractivity contribution >= 4 is 33.1 Å². The number of imide groups is 1. The number of rotatable bonds is 4. The number of hydrogen-bond donors (Lipinski definition) is 0. The second-order valence-corrected chi connectivity index (χ2v) is 9.23. The van der Waals surface area contributed by atoms with Crippen LogP contribution in [0.2, 0.25) is 0 Å². The van der Waals surface area contributed by atoms with E-state index in [4.69, 9.17) is 4.74 Å². The lowest BCUT2D eigenvalue weighted by molar-refractivity contribution is -0.143. The number of benzene rings is 1. The number of carbonyl (C=O) groups excluding carboxylic acids is 3. The smallest absolute Gasteiger partial charge is 0.341 e. The molecule has 10 heteroatoms. The van der Waals surface area contributed by atoms with Gasteiger partial charge in [0.15, 0.2) is 0 Å². The topological polar surface area (TPSA) is 97.8 Å². The van der Waals surface area contributed by atoms with E-state index in [1.54, 1.807) is 0 Å². The number of amides is 2. The summed E-state index contributed by atoms with van der Waals surface area (Å²) in [6.07, 6.45) is 1.45. The number of alkyl halides is 2. The summed E-state index contributed by atoms with van der Waals surface area (Å²) in [7, 11) is -3.67. The molecule has 150 valence electrons. The van der Waals surface area contributed by atoms with Gasteiger partial charge in [-0.25, -0.2) is 13.3 Å². The number of methoxy groups -OCH3 is 1. The number of ether oxygens (including phenoxy) is 1. The molecule has 0 spiro atoms. The molecule has 3 saturated carbocycles. The fraction of sp³-hybridized carbons (Fsp3) is 0.500. The summed E-state index contributed by atoms with van der Waals surface area (Å²) in [4.78, 5) is 38.4. The van der Waals surface area contributed by atoms with Gasteiger partial charge in [-0.1, -0.05) is 0 Å². The number of halogens is 2. The van der Waals surface area contributed by atoms with E-state index in [1.165, 1.54) is 7.11 Å². The van der Waals surface area contributed by atoms with Crippen molar-refractivity contribution in [2.75, 3.05) is 12.0 Å². The number of carbonyl (C=O) groups is 3. The van der Waals surface area contributed by atoms with E-state index in [-0.39, 0.29) is 29.6 Å². The summed E-state index contributed by atoms with van der Waals surface area (Å²) in [6.45, 7) is 0. The predicted octanol–water partition coefficient (Wildman–Crippen LogP) is 1.80. The molecular formula is C18H17F2NO6S. The van der Waals surface area contributed by atoms with E-state index in [0.29, 0.717) is 12.8 Å². The summed E-state index contributed by atoms with van der Waals surface area (Å²) in [5, 5.41) is 0. The Morgan fingerprint density at radius 2 is 1.79 bits per heavy atom. The van der Waals surface area contributed by atoms with Gasteiger partial charge in [0.25, 0.3) is 0 Å². The Morgan fingerprint density at radius 3 is 2.39 bits per heavy atom. The highest BCUT2D eigenvalue weighted by molar-refractivity contribution is 7.91. The van der Waals surface area contributed by atoms with E-state index in [0.717, 1.165) is 23.1 Å². The Kier molecular flexibility index (Phi) is 4.29. The van der Waals surface area contributed by atoms with Gasteiger partial charge in [0, 0.05) is 12.3 Å². The molecule has 4 atom stereocenters. The summed E-state index contributed by atoms with van der Waals surface area (Å²) in [5.41, 5.74) is -0.194. The van der Waals surface area contributed by atoms with Crippen LogP contribution in [0.3, 0.4) is 0 Å². The lowest BCUT2D eigenvalue weighted by Gasteiger charge is -2.41. The molecule has 1 saturated heterocycles. The second-order valence-electron chi connectivity index (χ2n) is 7.32. The quantitative estimate of drug-likeness (QED) is 0.698. The molecule has 0 aromatic heterocycles. The molecule has 1 aromatic rings. The molecule has 5 rings (SSSR count). The zero-order chi connectivity index (χ0) is 20.4. The number of nitrogens with zero attached hydrogens (tertiary/aromatic N) is 1. The lowest BCUT2D eigenvalue weighted by Crippen LogP contribution is -2.46. The zero-order valence-corrected chi connectivity index (χ0v) is 15.6. The molecule has 2 bridgehead atoms. The van der Waals surface area contributed by atoms with Crippen LogP contribution in [0.15, 0.2) is 23.1 Å². The first-order chi connectivity index (χ1) is 13.2. The molecule has 3 aliphatic carbocycles. The van der Waals surface area contributed by atoms with Gasteiger partial charge in [0.05, 0.1) is 29.5 Å². The van der Waals surface area contributed by atoms with Crippen LogP contribution in [0.5, 0.6) is 5.75 Å². The Morgan fingerprint density at radius 1 is 1.11 bits per heavy atom. The number of sulfone groups is 1. The van der Waals surface area contributed by atoms with Crippen LogP contribution in [-0.4, -0.2) is 38.9 Å². The summed E-state index contributed by atoms with van der Waals surface area (Å²) >= 11 is 0. The summed E-state index contributed by atoms with van der Waals surface area (Å²) in [6, 6.07) is 2.93. The van der Waals surface area contributed by atoms with Crippen molar-refractivity contribution in [3.8, 4) is 5.75 Å². The van der Waals surface area contributed by atoms with Gasteiger partial charge in [0.2, 0.25) is 21.7 Å². The number of fused-ring (bicyclic) bond motifs is 2. The Labute approximate surface area is 159 Å². The third-order valence-corrected chi connectivity index (χ3v) is 7.40. The van der Waals surface area contributed by atoms with E-state index >= 15 is 0 Å². The number of ketones is 1. The van der Waals surface area contributed by atoms with Crippen LogP contribution in [0.1, 0.15) is 19.3 Å². The molecule has 1 aliphatic heterocycles. The molecule has 4 fully saturated rings. The Balaban J connectivity index is 1.82. The van der Waals surface area contributed by atoms with Gasteiger partial charge >= 0.3 is 5.76 Å². The van der Waals surface area contributed by atoms with Crippen molar-refractivity contribution in [2.24, 2.45) is 23.7 Å². The fourth-order valence-corrected chi connectivity index (χ4v) is 5.49. The summed E-state index contributed by atoms with van der Waals surface area (Å²) in [5.74, 6) is -7.02. The van der Waals surface area contributed by atoms with Crippen molar-refractivity contribution < 1.29 is 36.3 Å². The van der Waals surface area contributed by atoms with Crippen molar-refractivity contribution in [3.63, 3.8) is 0 Å². The molecule has 7 nitrogen and oxygen atoms in total. The molecule has 4 unspecified atom stereocenters. The first-order valence-corrected chi connectivity index (χ1v) is 10.3. The van der Waals surface area contributed by atoms with Gasteiger partial charge in [-0.15, -0.1) is 0 Å². The maximum Gasteiger partial charge on any atom is 0.341 e. The molecule has 2 amide bonds. The van der Waals surface area contributed by atoms with Crippen molar-refractivity contribution in [1.82, 2.24) is 0 Å². The maximum atomic E-state index is 13.1. The van der Waals surface area contributed by atoms with Crippen LogP contribution in [0.25, 0.3) is 0 Å². The van der Waals surface area contributed by atoms with Gasteiger partial charge in [-0.2, -0.15) is 8.78 Å². The minimum atomic E-state index is -4.92. The highest BCUT2D eigenvalue weighted by atomic mass is 32.2. The molecule has 4 aliphatic rings. The van der Waals surface area contributed by atoms with E-state index in [9.17, 15) is 31.6 Å². The fourth-order valence-electron chi connectivity index (χ4n) is 4.75. The SMILES string of the molecule is COc1ccc(S(=O)(=O)C(F)F)cc1N1C(=O)C2C3CCC(C(=O)C3)C2C1=O. The monoisotopic (exact) mass is 413 g/mol. The standard InChI is InChI=1S/C18H17F2NO6S/c1-27-13-5-3-9(28(25,26)18(19)20)7-11(13)21-16(23)14-8-2-4-10(12(22)6-8)15(14)17(21)24/h3,5,7-8,10,14-15,18H,2,4,6H2,1H3. The van der Waals surface area contributed by atoms with E-state index < -0.39 is 50.1 Å². The van der Waals surface area contributed by atoms with Crippen molar-refractivity contribution in [3.05, 3.63) is 18.2 Å². The van der Waals surface area contributed by atoms with Crippen molar-refractivity contribution in [1.29, 1.82) is 0 Å². The minimum absolute atomic E-state index is 0.00670. The number of hydrogen-bond acceptors (Lipinski definition) is 6. The largest absolute Gasteiger partial charge is 0.495 e. The first-order valence-electron chi connectivity index (χ1n) is 8.79. The molecule has 0 N–H and O–H groups in total. The number of anilines is 1. The minimum Gasteiger partial charge on any atom is -0.495 e. The van der Waals surface area contributed by atoms with Gasteiger partial charge in [0.1, 0.15) is 11.5 Å². The van der Waals surface area contributed by atoms with Gasteiger partial charge in [-0.3, -0.25) is 14.4 Å². The predicted molar refractivity (Wildman–Crippen MR) is 91.5 cm³/mol. The average Bonchev–Trinajstić information content (AvgIpc) is 2.93. The zero-order valence-electron chi connectivity index (χ0n) is 14.8. The Bertz CT molecular complexity index is 992. The molecule has 1 aromatic carbocycles. The third-order valence-electron chi connectivity index (χ3n) is 6.02. The Hall–Kier alpha value is -2.36. The van der Waals surface area contributed by atoms with Crippen LogP contribution in [0.4, 0.5) is 14.5 Å². The highest BCUT2D eigenvalue weighted by Crippen LogP contribution is 2.53. The highest BCUT2D eigenvalue weighted by Gasteiger charge is 2.61. The van der Waals surface area contributed by atoms with E-state index in [2.05, 4.69) is 0 Å². The van der Waals surface area contributed by atoms with Crippen LogP contribution >= 0.6 is 0 Å². The second kappa shape index (κ2) is 6.33. The van der Waals surface area contributed by atoms with Crippen molar-refractivity contribution in [2.45, 2.75) is 29.9 Å². The molecule has 0 radical (unpaired) electrons. The molecule has 28 heavy (non-hydrogen) atoms. The van der Waals surface area contributed by atoms with Crippen LogP contribution < -0.4 is 9.64 Å². The normalized spacial score (nSPS) is 29.6. The number of Topliss-reactive ketones (excluding diaryl/α,β-unsaturated/α-hetero) is 1.